The number of ketones is 1. The average Bonchev–Trinajstić information content (AvgIpc) is 3.23. The fourth-order valence-electron chi connectivity index (χ4n) is 2.89. The smallest absolute Gasteiger partial charge is 0.312 e. The number of hydrogen-bond acceptors (Lipinski definition) is 5. The van der Waals surface area contributed by atoms with Crippen LogP contribution >= 0.6 is 11.8 Å². The minimum Gasteiger partial charge on any atom is -0.312 e. The van der Waals surface area contributed by atoms with E-state index in [4.69, 9.17) is 0 Å². The van der Waals surface area contributed by atoms with Gasteiger partial charge in [-0.3, -0.25) is 14.2 Å². The number of Topliss-reactive ketones (excluding diaryl/α,β-unsaturated/α-hetero) is 1. The van der Waals surface area contributed by atoms with Gasteiger partial charge in [0.25, 0.3) is 0 Å². The van der Waals surface area contributed by atoms with Crippen LogP contribution in [0.4, 0.5) is 5.69 Å². The van der Waals surface area contributed by atoms with Gasteiger partial charge in [-0.05, 0) is 37.1 Å². The molecule has 1 saturated heterocycles. The number of carbonyl (C=O) groups is 2. The largest absolute Gasteiger partial charge is 0.343 e. The second-order valence-corrected chi connectivity index (χ2v) is 7.17. The van der Waals surface area contributed by atoms with E-state index in [2.05, 4.69) is 17.1 Å². The van der Waals surface area contributed by atoms with Crippen molar-refractivity contribution in [3.8, 4) is 0 Å². The Hall–Kier alpha value is -2.35. The highest BCUT2D eigenvalue weighted by Gasteiger charge is 2.21. The highest BCUT2D eigenvalue weighted by Crippen LogP contribution is 2.22. The number of amides is 1. The average molecular weight is 374 g/mol. The second-order valence-electron chi connectivity index (χ2n) is 6.22. The topological polar surface area (TPSA) is 88.1 Å². The van der Waals surface area contributed by atoms with E-state index in [1.807, 2.05) is 12.1 Å². The van der Waals surface area contributed by atoms with Gasteiger partial charge in [0.05, 0.1) is 5.75 Å². The molecule has 1 fully saturated rings. The highest BCUT2D eigenvalue weighted by molar-refractivity contribution is 7.99. The van der Waals surface area contributed by atoms with Gasteiger partial charge in [0.1, 0.15) is 0 Å². The van der Waals surface area contributed by atoms with Crippen LogP contribution in [0, 0.1) is 0 Å². The fourth-order valence-corrected chi connectivity index (χ4v) is 3.76. The van der Waals surface area contributed by atoms with Crippen LogP contribution in [0.2, 0.25) is 0 Å². The summed E-state index contributed by atoms with van der Waals surface area (Å²) >= 11 is 1.26. The Bertz CT molecular complexity index is 841. The molecule has 0 atom stereocenters. The molecule has 0 bridgehead atoms. The van der Waals surface area contributed by atoms with Crippen molar-refractivity contribution in [1.29, 1.82) is 0 Å². The van der Waals surface area contributed by atoms with Gasteiger partial charge in [0.15, 0.2) is 10.9 Å². The van der Waals surface area contributed by atoms with Gasteiger partial charge in [-0.2, -0.15) is 0 Å². The molecule has 2 aromatic rings. The van der Waals surface area contributed by atoms with Crippen molar-refractivity contribution in [3.63, 3.8) is 0 Å². The number of rotatable bonds is 8. The van der Waals surface area contributed by atoms with E-state index in [1.54, 1.807) is 21.6 Å². The van der Waals surface area contributed by atoms with Gasteiger partial charge in [0, 0.05) is 30.8 Å². The van der Waals surface area contributed by atoms with Gasteiger partial charge in [-0.15, -0.1) is 5.10 Å². The van der Waals surface area contributed by atoms with Crippen LogP contribution in [0.3, 0.4) is 0 Å². The van der Waals surface area contributed by atoms with E-state index in [1.165, 1.54) is 11.8 Å². The summed E-state index contributed by atoms with van der Waals surface area (Å²) in [6.45, 7) is 3.39. The summed E-state index contributed by atoms with van der Waals surface area (Å²) in [4.78, 5) is 37.7. The molecule has 0 saturated carbocycles. The summed E-state index contributed by atoms with van der Waals surface area (Å²) in [7, 11) is 0. The van der Waals surface area contributed by atoms with Crippen LogP contribution < -0.4 is 10.6 Å². The summed E-state index contributed by atoms with van der Waals surface area (Å²) in [5.41, 5.74) is 1.18. The lowest BCUT2D eigenvalue weighted by atomic mass is 10.1. The van der Waals surface area contributed by atoms with Crippen LogP contribution in [0.1, 0.15) is 43.0 Å². The van der Waals surface area contributed by atoms with Gasteiger partial charge in [0.2, 0.25) is 5.91 Å². The molecule has 1 aliphatic rings. The lowest BCUT2D eigenvalue weighted by Gasteiger charge is -2.15. The Labute approximate surface area is 155 Å². The van der Waals surface area contributed by atoms with Gasteiger partial charge >= 0.3 is 5.69 Å². The molecule has 1 amide bonds. The highest BCUT2D eigenvalue weighted by atomic mass is 32.2. The molecule has 0 radical (unpaired) electrons. The number of aromatic amines is 1. The Morgan fingerprint density at radius 3 is 2.69 bits per heavy atom. The normalized spacial score (nSPS) is 14.2. The van der Waals surface area contributed by atoms with E-state index in [-0.39, 0.29) is 23.1 Å². The molecule has 138 valence electrons. The number of carbonyl (C=O) groups excluding carboxylic acids is 2. The molecule has 1 N–H and O–H groups in total. The van der Waals surface area contributed by atoms with Crippen molar-refractivity contribution in [2.24, 2.45) is 0 Å². The first kappa shape index (κ1) is 18.4. The lowest BCUT2D eigenvalue weighted by Crippen LogP contribution is -2.23. The minimum atomic E-state index is -0.243. The molecule has 3 rings (SSSR count). The minimum absolute atomic E-state index is 0.0354. The Morgan fingerprint density at radius 1 is 1.27 bits per heavy atom. The Kier molecular flexibility index (Phi) is 5.92. The maximum absolute atomic E-state index is 12.4. The van der Waals surface area contributed by atoms with Crippen molar-refractivity contribution < 1.29 is 9.59 Å². The van der Waals surface area contributed by atoms with Crippen LogP contribution in [0.5, 0.6) is 0 Å². The van der Waals surface area contributed by atoms with Crippen LogP contribution in [-0.4, -0.2) is 38.8 Å². The first-order valence-corrected chi connectivity index (χ1v) is 9.80. The maximum Gasteiger partial charge on any atom is 0.343 e. The molecule has 2 heterocycles. The predicted octanol–water partition coefficient (Wildman–Crippen LogP) is 2.47. The van der Waals surface area contributed by atoms with E-state index >= 15 is 0 Å². The molecule has 1 aromatic heterocycles. The number of benzene rings is 1. The number of aromatic nitrogens is 3. The molecule has 7 nitrogen and oxygen atoms in total. The molecule has 26 heavy (non-hydrogen) atoms. The third-order valence-corrected chi connectivity index (χ3v) is 5.34. The van der Waals surface area contributed by atoms with Gasteiger partial charge < -0.3 is 4.90 Å². The maximum atomic E-state index is 12.4. The third-order valence-electron chi connectivity index (χ3n) is 4.37. The number of unbranched alkanes of at least 4 members (excludes halogenated alkanes) is 1. The quantitative estimate of drug-likeness (QED) is 0.566. The number of anilines is 1. The molecule has 0 aliphatic carbocycles. The van der Waals surface area contributed by atoms with Crippen LogP contribution in [0.15, 0.2) is 34.2 Å². The SMILES string of the molecule is CCCCn1c(SCC(=O)c2ccc(N3CCCC3=O)cc2)n[nH]c1=O. The molecule has 1 aliphatic heterocycles. The number of H-pyrrole nitrogens is 1. The molecule has 1 aromatic carbocycles. The number of nitrogens with zero attached hydrogens (tertiary/aromatic N) is 3. The number of nitrogens with one attached hydrogen (secondary N) is 1. The molecule has 8 heteroatoms. The van der Waals surface area contributed by atoms with E-state index in [0.717, 1.165) is 31.5 Å². The standard InChI is InChI=1S/C18H22N4O3S/c1-2-3-10-22-17(25)19-20-18(22)26-12-15(23)13-6-8-14(9-7-13)21-11-4-5-16(21)24/h6-9H,2-5,10-12H2,1H3,(H,19,25). The Morgan fingerprint density at radius 2 is 2.04 bits per heavy atom. The van der Waals surface area contributed by atoms with Crippen LogP contribution in [0.25, 0.3) is 0 Å². The first-order chi connectivity index (χ1) is 12.6. The summed E-state index contributed by atoms with van der Waals surface area (Å²) < 4.78 is 1.57. The molecule has 0 spiro atoms. The van der Waals surface area contributed by atoms with Gasteiger partial charge in [-0.1, -0.05) is 25.1 Å². The van der Waals surface area contributed by atoms with Crippen molar-refractivity contribution in [2.75, 3.05) is 17.2 Å². The lowest BCUT2D eigenvalue weighted by molar-refractivity contribution is -0.117. The zero-order valence-corrected chi connectivity index (χ0v) is 15.6. The third kappa shape index (κ3) is 4.07. The zero-order valence-electron chi connectivity index (χ0n) is 14.7. The zero-order chi connectivity index (χ0) is 18.5. The van der Waals surface area contributed by atoms with Crippen LogP contribution in [-0.2, 0) is 11.3 Å². The number of thioether (sulfide) groups is 1. The van der Waals surface area contributed by atoms with Crippen molar-refractivity contribution in [3.05, 3.63) is 40.3 Å². The van der Waals surface area contributed by atoms with Crippen molar-refractivity contribution in [2.45, 2.75) is 44.3 Å². The monoisotopic (exact) mass is 374 g/mol. The van der Waals surface area contributed by atoms with E-state index < -0.39 is 0 Å². The van der Waals surface area contributed by atoms with E-state index in [9.17, 15) is 14.4 Å². The fraction of sp³-hybridized carbons (Fsp3) is 0.444. The summed E-state index contributed by atoms with van der Waals surface area (Å²) in [5, 5.41) is 6.98. The first-order valence-electron chi connectivity index (χ1n) is 8.81. The van der Waals surface area contributed by atoms with Gasteiger partial charge in [-0.25, -0.2) is 9.89 Å². The summed E-state index contributed by atoms with van der Waals surface area (Å²) in [6.07, 6.45) is 3.32. The van der Waals surface area contributed by atoms with Crippen molar-refractivity contribution >= 4 is 29.1 Å². The summed E-state index contributed by atoms with van der Waals surface area (Å²) in [6, 6.07) is 7.12. The molecular formula is C18H22N4O3S. The molecule has 0 unspecified atom stereocenters. The van der Waals surface area contributed by atoms with E-state index in [0.29, 0.717) is 23.7 Å². The molecular weight excluding hydrogens is 352 g/mol. The number of hydrogen-bond donors (Lipinski definition) is 1. The second kappa shape index (κ2) is 8.35. The summed E-state index contributed by atoms with van der Waals surface area (Å²) in [5.74, 6) is 0.299. The predicted molar refractivity (Wildman–Crippen MR) is 101 cm³/mol. The Balaban J connectivity index is 1.62. The van der Waals surface area contributed by atoms with Crippen molar-refractivity contribution in [1.82, 2.24) is 14.8 Å².